The molecule has 1 atom stereocenters. The van der Waals surface area contributed by atoms with Gasteiger partial charge in [-0.3, -0.25) is 0 Å². The van der Waals surface area contributed by atoms with Crippen LogP contribution in [0.15, 0.2) is 24.1 Å². The second-order valence-electron chi connectivity index (χ2n) is 2.50. The minimum absolute atomic E-state index is 0.0839. The first-order valence-electron chi connectivity index (χ1n) is 3.33. The van der Waals surface area contributed by atoms with E-state index in [0.29, 0.717) is 5.92 Å². The normalized spacial score (nSPS) is 27.3. The first-order chi connectivity index (χ1) is 4.29. The summed E-state index contributed by atoms with van der Waals surface area (Å²) in [5, 5.41) is 0. The molecule has 0 heterocycles. The molecule has 0 N–H and O–H groups in total. The molecule has 1 aliphatic rings. The molecule has 1 heteroatoms. The lowest BCUT2D eigenvalue weighted by Gasteiger charge is -1.97. The Labute approximate surface area is 55.1 Å². The third-order valence-electron chi connectivity index (χ3n) is 1.55. The van der Waals surface area contributed by atoms with Crippen LogP contribution in [-0.4, -0.2) is 0 Å². The molecule has 0 bridgehead atoms. The topological polar surface area (TPSA) is 0 Å². The van der Waals surface area contributed by atoms with Crippen molar-refractivity contribution >= 4 is 0 Å². The molecule has 0 radical (unpaired) electrons. The van der Waals surface area contributed by atoms with E-state index in [9.17, 15) is 4.39 Å². The largest absolute Gasteiger partial charge is 0.207 e. The summed E-state index contributed by atoms with van der Waals surface area (Å²) in [6, 6.07) is 0. The maximum Gasteiger partial charge on any atom is 0.118 e. The van der Waals surface area contributed by atoms with E-state index in [1.165, 1.54) is 0 Å². The van der Waals surface area contributed by atoms with Gasteiger partial charge in [0.05, 0.1) is 0 Å². The fraction of sp³-hybridized carbons (Fsp3) is 0.500. The molecule has 0 amide bonds. The molecule has 50 valence electrons. The molecule has 9 heavy (non-hydrogen) atoms. The molecule has 0 spiro atoms. The third kappa shape index (κ3) is 2.00. The maximum atomic E-state index is 12.4. The van der Waals surface area contributed by atoms with Crippen molar-refractivity contribution in [2.75, 3.05) is 0 Å². The van der Waals surface area contributed by atoms with Gasteiger partial charge in [0.25, 0.3) is 0 Å². The van der Waals surface area contributed by atoms with Crippen LogP contribution in [0.5, 0.6) is 0 Å². The average Bonchev–Trinajstić information content (AvgIpc) is 1.97. The second-order valence-corrected chi connectivity index (χ2v) is 2.50. The molecule has 0 fully saturated rings. The lowest BCUT2D eigenvalue weighted by atomic mass is 10.1. The van der Waals surface area contributed by atoms with Gasteiger partial charge in [0.15, 0.2) is 0 Å². The van der Waals surface area contributed by atoms with E-state index >= 15 is 0 Å². The summed E-state index contributed by atoms with van der Waals surface area (Å²) in [6.45, 7) is 2.10. The first kappa shape index (κ1) is 6.53. The highest BCUT2D eigenvalue weighted by molar-refractivity contribution is 5.13. The average molecular weight is 126 g/mol. The molecule has 1 rings (SSSR count). The highest BCUT2D eigenvalue weighted by atomic mass is 19.1. The molecule has 0 aromatic heterocycles. The SMILES string of the molecule is CC1C=CC(F)=CCC1. The molecular formula is C8H11F. The second kappa shape index (κ2) is 2.81. The van der Waals surface area contributed by atoms with Crippen molar-refractivity contribution in [1.82, 2.24) is 0 Å². The van der Waals surface area contributed by atoms with Gasteiger partial charge < -0.3 is 0 Å². The smallest absolute Gasteiger partial charge is 0.118 e. The number of halogens is 1. The summed E-state index contributed by atoms with van der Waals surface area (Å²) < 4.78 is 12.4. The lowest BCUT2D eigenvalue weighted by molar-refractivity contribution is 0.651. The summed E-state index contributed by atoms with van der Waals surface area (Å²) in [5.74, 6) is 0.453. The number of rotatable bonds is 0. The van der Waals surface area contributed by atoms with E-state index in [-0.39, 0.29) is 5.83 Å². The van der Waals surface area contributed by atoms with Gasteiger partial charge in [0.2, 0.25) is 0 Å². The summed E-state index contributed by atoms with van der Waals surface area (Å²) >= 11 is 0. The number of allylic oxidation sites excluding steroid dienone is 4. The predicted octanol–water partition coefficient (Wildman–Crippen LogP) is 2.83. The van der Waals surface area contributed by atoms with Crippen LogP contribution in [0.25, 0.3) is 0 Å². The molecule has 1 unspecified atom stereocenters. The monoisotopic (exact) mass is 126 g/mol. The van der Waals surface area contributed by atoms with Crippen LogP contribution < -0.4 is 0 Å². The van der Waals surface area contributed by atoms with E-state index in [1.54, 1.807) is 12.2 Å². The van der Waals surface area contributed by atoms with E-state index in [4.69, 9.17) is 0 Å². The highest BCUT2D eigenvalue weighted by Gasteiger charge is 2.00. The van der Waals surface area contributed by atoms with Crippen molar-refractivity contribution in [3.63, 3.8) is 0 Å². The van der Waals surface area contributed by atoms with Crippen LogP contribution in [0, 0.1) is 5.92 Å². The van der Waals surface area contributed by atoms with E-state index in [2.05, 4.69) is 6.92 Å². The quantitative estimate of drug-likeness (QED) is 0.468. The van der Waals surface area contributed by atoms with Crippen molar-refractivity contribution in [1.29, 1.82) is 0 Å². The van der Waals surface area contributed by atoms with Crippen LogP contribution in [-0.2, 0) is 0 Å². The molecule has 0 aromatic carbocycles. The van der Waals surface area contributed by atoms with Crippen LogP contribution in [0.1, 0.15) is 19.8 Å². The predicted molar refractivity (Wildman–Crippen MR) is 36.7 cm³/mol. The van der Waals surface area contributed by atoms with Gasteiger partial charge in [0.1, 0.15) is 5.83 Å². The molecule has 1 aliphatic carbocycles. The van der Waals surface area contributed by atoms with Crippen molar-refractivity contribution in [3.05, 3.63) is 24.1 Å². The molecule has 0 aliphatic heterocycles. The van der Waals surface area contributed by atoms with Crippen LogP contribution in [0.3, 0.4) is 0 Å². The Morgan fingerprint density at radius 2 is 2.44 bits per heavy atom. The summed E-state index contributed by atoms with van der Waals surface area (Å²) in [4.78, 5) is 0. The van der Waals surface area contributed by atoms with Crippen LogP contribution >= 0.6 is 0 Å². The van der Waals surface area contributed by atoms with Crippen molar-refractivity contribution in [2.45, 2.75) is 19.8 Å². The number of hydrogen-bond acceptors (Lipinski definition) is 0. The standard InChI is InChI=1S/C8H11F/c1-7-3-2-4-8(9)6-5-7/h4-7H,2-3H2,1H3. The molecule has 0 saturated heterocycles. The minimum Gasteiger partial charge on any atom is -0.207 e. The molecule has 0 saturated carbocycles. The lowest BCUT2D eigenvalue weighted by Crippen LogP contribution is -1.84. The zero-order valence-electron chi connectivity index (χ0n) is 5.60. The van der Waals surface area contributed by atoms with Crippen LogP contribution in [0.2, 0.25) is 0 Å². The Morgan fingerprint density at radius 3 is 3.22 bits per heavy atom. The van der Waals surface area contributed by atoms with E-state index in [1.807, 2.05) is 6.08 Å². The maximum absolute atomic E-state index is 12.4. The van der Waals surface area contributed by atoms with Crippen LogP contribution in [0.4, 0.5) is 4.39 Å². The Hall–Kier alpha value is -0.590. The van der Waals surface area contributed by atoms with Gasteiger partial charge in [0, 0.05) is 0 Å². The third-order valence-corrected chi connectivity index (χ3v) is 1.55. The molecular weight excluding hydrogens is 115 g/mol. The fourth-order valence-corrected chi connectivity index (χ4v) is 0.905. The van der Waals surface area contributed by atoms with Gasteiger partial charge in [-0.25, -0.2) is 4.39 Å². The Bertz CT molecular complexity index is 145. The summed E-state index contributed by atoms with van der Waals surface area (Å²) in [6.07, 6.45) is 7.06. The van der Waals surface area contributed by atoms with Gasteiger partial charge in [-0.05, 0) is 30.9 Å². The first-order valence-corrected chi connectivity index (χ1v) is 3.33. The molecule has 0 nitrogen and oxygen atoms in total. The summed E-state index contributed by atoms with van der Waals surface area (Å²) in [5.41, 5.74) is 0. The minimum atomic E-state index is -0.0839. The van der Waals surface area contributed by atoms with Gasteiger partial charge in [-0.1, -0.05) is 13.0 Å². The Balaban J connectivity index is 2.58. The van der Waals surface area contributed by atoms with Gasteiger partial charge >= 0.3 is 0 Å². The zero-order valence-corrected chi connectivity index (χ0v) is 5.60. The van der Waals surface area contributed by atoms with E-state index in [0.717, 1.165) is 12.8 Å². The molecule has 0 aromatic rings. The summed E-state index contributed by atoms with van der Waals surface area (Å²) in [7, 11) is 0. The van der Waals surface area contributed by atoms with Gasteiger partial charge in [-0.2, -0.15) is 0 Å². The zero-order chi connectivity index (χ0) is 6.69. The highest BCUT2D eigenvalue weighted by Crippen LogP contribution is 2.15. The fourth-order valence-electron chi connectivity index (χ4n) is 0.905. The Kier molecular flexibility index (Phi) is 2.04. The van der Waals surface area contributed by atoms with E-state index < -0.39 is 0 Å². The van der Waals surface area contributed by atoms with Crippen molar-refractivity contribution < 1.29 is 4.39 Å². The van der Waals surface area contributed by atoms with Gasteiger partial charge in [-0.15, -0.1) is 0 Å². The van der Waals surface area contributed by atoms with Crippen molar-refractivity contribution in [2.24, 2.45) is 5.92 Å². The van der Waals surface area contributed by atoms with Crippen molar-refractivity contribution in [3.8, 4) is 0 Å². The number of hydrogen-bond donors (Lipinski definition) is 0. The Morgan fingerprint density at radius 1 is 1.67 bits per heavy atom.